The van der Waals surface area contributed by atoms with Crippen molar-refractivity contribution in [3.05, 3.63) is 41.5 Å². The maximum Gasteiger partial charge on any atom is 0.119 e. The molecule has 4 aliphatic rings. The van der Waals surface area contributed by atoms with Gasteiger partial charge >= 0.3 is 0 Å². The summed E-state index contributed by atoms with van der Waals surface area (Å²) in [6, 6.07) is 6.68. The first kappa shape index (κ1) is 14.1. The fraction of sp³-hybridized carbons (Fsp3) is 0.619. The zero-order valence-corrected chi connectivity index (χ0v) is 14.1. The van der Waals surface area contributed by atoms with E-state index in [2.05, 4.69) is 37.3 Å². The molecule has 0 unspecified atom stereocenters. The smallest absolute Gasteiger partial charge is 0.119 e. The predicted octanol–water partition coefficient (Wildman–Crippen LogP) is 4.22. The largest absolute Gasteiger partial charge is 0.497 e. The van der Waals surface area contributed by atoms with E-state index in [1.54, 1.807) is 12.7 Å². The van der Waals surface area contributed by atoms with E-state index >= 15 is 0 Å². The first-order valence-corrected chi connectivity index (χ1v) is 9.13. The summed E-state index contributed by atoms with van der Waals surface area (Å²) in [4.78, 5) is 0. The van der Waals surface area contributed by atoms with E-state index in [0.717, 1.165) is 25.0 Å². The van der Waals surface area contributed by atoms with Gasteiger partial charge in [0.1, 0.15) is 5.75 Å². The van der Waals surface area contributed by atoms with Crippen molar-refractivity contribution in [3.8, 4) is 5.75 Å². The molecule has 2 heteroatoms. The quantitative estimate of drug-likeness (QED) is 0.787. The van der Waals surface area contributed by atoms with Gasteiger partial charge in [-0.3, -0.25) is 0 Å². The Labute approximate surface area is 138 Å². The summed E-state index contributed by atoms with van der Waals surface area (Å²) in [6.07, 6.45) is 11.5. The van der Waals surface area contributed by atoms with Gasteiger partial charge in [-0.25, -0.2) is 0 Å². The van der Waals surface area contributed by atoms with Crippen molar-refractivity contribution in [2.24, 2.45) is 16.7 Å². The number of hydrogen-bond acceptors (Lipinski definition) is 2. The van der Waals surface area contributed by atoms with Crippen molar-refractivity contribution in [2.75, 3.05) is 7.11 Å². The van der Waals surface area contributed by atoms with Gasteiger partial charge in [-0.2, -0.15) is 0 Å². The maximum atomic E-state index is 11.1. The van der Waals surface area contributed by atoms with Gasteiger partial charge in [0.05, 0.1) is 12.7 Å². The number of fused-ring (bicyclic) bond motifs is 3. The van der Waals surface area contributed by atoms with Crippen molar-refractivity contribution in [1.29, 1.82) is 0 Å². The molecule has 4 aliphatic carbocycles. The predicted molar refractivity (Wildman–Crippen MR) is 90.6 cm³/mol. The Morgan fingerprint density at radius 3 is 2.74 bits per heavy atom. The van der Waals surface area contributed by atoms with Gasteiger partial charge < -0.3 is 9.84 Å². The molecule has 5 rings (SSSR count). The van der Waals surface area contributed by atoms with Gasteiger partial charge in [-0.05, 0) is 73.6 Å². The first-order valence-electron chi connectivity index (χ1n) is 9.13. The highest BCUT2D eigenvalue weighted by molar-refractivity contribution is 5.44. The molecule has 0 amide bonds. The molecule has 0 saturated heterocycles. The lowest BCUT2D eigenvalue weighted by Crippen LogP contribution is -2.52. The molecule has 0 aromatic heterocycles. The lowest BCUT2D eigenvalue weighted by molar-refractivity contribution is -0.0870. The molecule has 122 valence electrons. The van der Waals surface area contributed by atoms with Crippen LogP contribution in [0.1, 0.15) is 56.1 Å². The highest BCUT2D eigenvalue weighted by atomic mass is 16.5. The zero-order chi connectivity index (χ0) is 15.9. The van der Waals surface area contributed by atoms with Crippen LogP contribution in [0.2, 0.25) is 0 Å². The van der Waals surface area contributed by atoms with E-state index < -0.39 is 5.60 Å². The molecule has 23 heavy (non-hydrogen) atoms. The van der Waals surface area contributed by atoms with Gasteiger partial charge in [0, 0.05) is 10.8 Å². The standard InChI is InChI=1S/C21H26O2/c1-19-8-7-17-16-5-4-15(23-2)13-14(16)3-6-18(17)20(19)9-11-21(19,22)12-10-20/h4-5,9,11,13,17-18,22H,3,6-8,10,12H2,1-2H3/t17-,18+,19+,20+,21-/m1/s1. The normalized spacial score (nSPS) is 46.2. The number of aliphatic hydroxyl groups is 1. The topological polar surface area (TPSA) is 29.5 Å². The number of hydrogen-bond donors (Lipinski definition) is 1. The first-order chi connectivity index (χ1) is 11.0. The van der Waals surface area contributed by atoms with Crippen LogP contribution in [-0.2, 0) is 6.42 Å². The number of ether oxygens (including phenoxy) is 1. The Balaban J connectivity index is 1.60. The Morgan fingerprint density at radius 1 is 1.13 bits per heavy atom. The summed E-state index contributed by atoms with van der Waals surface area (Å²) in [5.41, 5.74) is 2.78. The fourth-order valence-electron chi connectivity index (χ4n) is 6.77. The highest BCUT2D eigenvalue weighted by Gasteiger charge is 2.70. The summed E-state index contributed by atoms with van der Waals surface area (Å²) >= 11 is 0. The van der Waals surface area contributed by atoms with Crippen molar-refractivity contribution < 1.29 is 9.84 Å². The van der Waals surface area contributed by atoms with Gasteiger partial charge in [0.2, 0.25) is 0 Å². The Bertz CT molecular complexity index is 708. The average Bonchev–Trinajstić information content (AvgIpc) is 2.95. The fourth-order valence-corrected chi connectivity index (χ4v) is 6.77. The summed E-state index contributed by atoms with van der Waals surface area (Å²) in [6.45, 7) is 2.36. The minimum Gasteiger partial charge on any atom is -0.497 e. The van der Waals surface area contributed by atoms with Crippen LogP contribution in [-0.4, -0.2) is 17.8 Å². The molecule has 0 radical (unpaired) electrons. The molecule has 1 aromatic carbocycles. The van der Waals surface area contributed by atoms with Gasteiger partial charge in [0.25, 0.3) is 0 Å². The third kappa shape index (κ3) is 1.45. The second-order valence-electron chi connectivity index (χ2n) is 8.49. The van der Waals surface area contributed by atoms with Crippen LogP contribution >= 0.6 is 0 Å². The molecule has 0 heterocycles. The molecule has 1 aromatic rings. The summed E-state index contributed by atoms with van der Waals surface area (Å²) in [7, 11) is 1.75. The third-order valence-electron chi connectivity index (χ3n) is 8.14. The monoisotopic (exact) mass is 310 g/mol. The van der Waals surface area contributed by atoms with Crippen LogP contribution in [0.15, 0.2) is 30.4 Å². The highest BCUT2D eigenvalue weighted by Crippen LogP contribution is 2.74. The van der Waals surface area contributed by atoms with E-state index in [9.17, 15) is 5.11 Å². The molecule has 0 aliphatic heterocycles. The molecule has 0 spiro atoms. The molecule has 2 nitrogen and oxygen atoms in total. The summed E-state index contributed by atoms with van der Waals surface area (Å²) in [5.74, 6) is 2.33. The Kier molecular flexibility index (Phi) is 2.58. The molecular formula is C21H26O2. The molecule has 2 fully saturated rings. The Morgan fingerprint density at radius 2 is 2.00 bits per heavy atom. The van der Waals surface area contributed by atoms with Gasteiger partial charge in [0.15, 0.2) is 0 Å². The SMILES string of the molecule is COc1ccc2c(c1)CC[C@H]1[C@@H]2CC[C@]2(C)[C@@]3(O)C=C[C@]12CC3. The molecule has 1 N–H and O–H groups in total. The zero-order valence-electron chi connectivity index (χ0n) is 14.1. The van der Waals surface area contributed by atoms with Crippen LogP contribution in [0.5, 0.6) is 5.75 Å². The second-order valence-corrected chi connectivity index (χ2v) is 8.49. The van der Waals surface area contributed by atoms with E-state index in [1.807, 2.05) is 0 Å². The summed E-state index contributed by atoms with van der Waals surface area (Å²) in [5, 5.41) is 11.1. The lowest BCUT2D eigenvalue weighted by Gasteiger charge is -2.56. The van der Waals surface area contributed by atoms with Crippen LogP contribution in [0.25, 0.3) is 0 Å². The third-order valence-corrected chi connectivity index (χ3v) is 8.14. The Hall–Kier alpha value is -1.28. The number of allylic oxidation sites excluding steroid dienone is 1. The van der Waals surface area contributed by atoms with E-state index in [4.69, 9.17) is 4.74 Å². The van der Waals surface area contributed by atoms with Gasteiger partial charge in [-0.1, -0.05) is 25.1 Å². The number of rotatable bonds is 1. The minimum atomic E-state index is -0.543. The van der Waals surface area contributed by atoms with Crippen molar-refractivity contribution >= 4 is 0 Å². The van der Waals surface area contributed by atoms with Crippen molar-refractivity contribution in [3.63, 3.8) is 0 Å². The van der Waals surface area contributed by atoms with Crippen LogP contribution in [0, 0.1) is 16.7 Å². The minimum absolute atomic E-state index is 0.0607. The molecule has 2 saturated carbocycles. The van der Waals surface area contributed by atoms with E-state index in [0.29, 0.717) is 11.8 Å². The van der Waals surface area contributed by atoms with Crippen molar-refractivity contribution in [1.82, 2.24) is 0 Å². The van der Waals surface area contributed by atoms with Crippen LogP contribution in [0.4, 0.5) is 0 Å². The lowest BCUT2D eigenvalue weighted by atomic mass is 9.48. The maximum absolute atomic E-state index is 11.1. The van der Waals surface area contributed by atoms with E-state index in [1.165, 1.54) is 24.8 Å². The average molecular weight is 310 g/mol. The second kappa shape index (κ2) is 4.22. The van der Waals surface area contributed by atoms with Crippen molar-refractivity contribution in [2.45, 2.75) is 57.0 Å². The molecule has 5 atom stereocenters. The van der Waals surface area contributed by atoms with Crippen LogP contribution in [0.3, 0.4) is 0 Å². The van der Waals surface area contributed by atoms with Crippen LogP contribution < -0.4 is 4.74 Å². The number of methoxy groups -OCH3 is 1. The summed E-state index contributed by atoms with van der Waals surface area (Å²) < 4.78 is 5.42. The molecular weight excluding hydrogens is 284 g/mol. The number of aryl methyl sites for hydroxylation is 1. The van der Waals surface area contributed by atoms with Gasteiger partial charge in [-0.15, -0.1) is 0 Å². The van der Waals surface area contributed by atoms with E-state index in [-0.39, 0.29) is 10.8 Å². The number of benzene rings is 1. The molecule has 2 bridgehead atoms.